The van der Waals surface area contributed by atoms with E-state index in [2.05, 4.69) is 4.98 Å². The summed E-state index contributed by atoms with van der Waals surface area (Å²) in [5.74, 6) is -0.110. The standard InChI is InChI=1S/C9H13NO2S/c1-9(2)11-5-7(6-12-9)8-10-3-4-13-8/h3-4,7H,5-6H2,1-2H3. The second kappa shape index (κ2) is 3.36. The number of nitrogens with zero attached hydrogens (tertiary/aromatic N) is 1. The summed E-state index contributed by atoms with van der Waals surface area (Å²) in [4.78, 5) is 4.25. The maximum absolute atomic E-state index is 5.55. The van der Waals surface area contributed by atoms with Crippen LogP contribution in [-0.2, 0) is 9.47 Å². The molecule has 1 aromatic heterocycles. The molecule has 0 aliphatic carbocycles. The summed E-state index contributed by atoms with van der Waals surface area (Å²) in [6, 6.07) is 0. The van der Waals surface area contributed by atoms with Crippen molar-refractivity contribution < 1.29 is 9.47 Å². The summed E-state index contributed by atoms with van der Waals surface area (Å²) in [5, 5.41) is 3.09. The molecule has 0 bridgehead atoms. The predicted octanol–water partition coefficient (Wildman–Crippen LogP) is 2.01. The lowest BCUT2D eigenvalue weighted by Crippen LogP contribution is -2.38. The van der Waals surface area contributed by atoms with Crippen molar-refractivity contribution in [1.29, 1.82) is 0 Å². The zero-order valence-electron chi connectivity index (χ0n) is 7.82. The van der Waals surface area contributed by atoms with Gasteiger partial charge in [-0.25, -0.2) is 4.98 Å². The molecule has 1 saturated heterocycles. The minimum absolute atomic E-state index is 0.313. The fraction of sp³-hybridized carbons (Fsp3) is 0.667. The van der Waals surface area contributed by atoms with E-state index < -0.39 is 5.79 Å². The van der Waals surface area contributed by atoms with Crippen molar-refractivity contribution in [3.05, 3.63) is 16.6 Å². The molecule has 0 amide bonds. The van der Waals surface area contributed by atoms with Crippen LogP contribution in [0.15, 0.2) is 11.6 Å². The molecule has 0 unspecified atom stereocenters. The predicted molar refractivity (Wildman–Crippen MR) is 50.8 cm³/mol. The van der Waals surface area contributed by atoms with Crippen LogP contribution < -0.4 is 0 Å². The van der Waals surface area contributed by atoms with E-state index in [4.69, 9.17) is 9.47 Å². The largest absolute Gasteiger partial charge is 0.350 e. The Morgan fingerprint density at radius 3 is 2.69 bits per heavy atom. The summed E-state index contributed by atoms with van der Waals surface area (Å²) >= 11 is 1.66. The van der Waals surface area contributed by atoms with Crippen LogP contribution in [0.4, 0.5) is 0 Å². The van der Waals surface area contributed by atoms with Gasteiger partial charge in [0.2, 0.25) is 0 Å². The summed E-state index contributed by atoms with van der Waals surface area (Å²) in [6.45, 7) is 5.29. The quantitative estimate of drug-likeness (QED) is 0.693. The van der Waals surface area contributed by atoms with Crippen molar-refractivity contribution in [2.24, 2.45) is 0 Å². The molecular weight excluding hydrogens is 186 g/mol. The first-order valence-corrected chi connectivity index (χ1v) is 5.23. The molecule has 2 heterocycles. The third-order valence-corrected chi connectivity index (χ3v) is 3.00. The van der Waals surface area contributed by atoms with Gasteiger partial charge in [-0.1, -0.05) is 0 Å². The van der Waals surface area contributed by atoms with Gasteiger partial charge in [-0.15, -0.1) is 11.3 Å². The van der Waals surface area contributed by atoms with Crippen LogP contribution in [0.5, 0.6) is 0 Å². The number of hydrogen-bond acceptors (Lipinski definition) is 4. The number of ether oxygens (including phenoxy) is 2. The van der Waals surface area contributed by atoms with Gasteiger partial charge < -0.3 is 9.47 Å². The SMILES string of the molecule is CC1(C)OCC(c2nccs2)CO1. The Labute approximate surface area is 81.7 Å². The Balaban J connectivity index is 1.99. The lowest BCUT2D eigenvalue weighted by Gasteiger charge is -2.34. The number of hydrogen-bond donors (Lipinski definition) is 0. The van der Waals surface area contributed by atoms with Crippen LogP contribution in [-0.4, -0.2) is 24.0 Å². The molecular formula is C9H13NO2S. The Hall–Kier alpha value is -0.450. The molecule has 72 valence electrons. The second-order valence-corrected chi connectivity index (χ2v) is 4.52. The first-order chi connectivity index (χ1) is 6.17. The first-order valence-electron chi connectivity index (χ1n) is 4.35. The number of thiazole rings is 1. The van der Waals surface area contributed by atoms with Gasteiger partial charge in [0.05, 0.1) is 19.1 Å². The molecule has 4 heteroatoms. The summed E-state index contributed by atoms with van der Waals surface area (Å²) in [6.07, 6.45) is 1.82. The summed E-state index contributed by atoms with van der Waals surface area (Å²) < 4.78 is 11.1. The zero-order chi connectivity index (χ0) is 9.31. The van der Waals surface area contributed by atoms with Gasteiger partial charge in [0.15, 0.2) is 5.79 Å². The topological polar surface area (TPSA) is 31.4 Å². The number of rotatable bonds is 1. The monoisotopic (exact) mass is 199 g/mol. The van der Waals surface area contributed by atoms with Crippen molar-refractivity contribution in [2.45, 2.75) is 25.6 Å². The molecule has 0 spiro atoms. The Kier molecular flexibility index (Phi) is 2.36. The minimum Gasteiger partial charge on any atom is -0.350 e. The number of aromatic nitrogens is 1. The van der Waals surface area contributed by atoms with Gasteiger partial charge in [0.25, 0.3) is 0 Å². The van der Waals surface area contributed by atoms with E-state index in [0.29, 0.717) is 19.1 Å². The highest BCUT2D eigenvalue weighted by Crippen LogP contribution is 2.27. The maximum atomic E-state index is 5.55. The zero-order valence-corrected chi connectivity index (χ0v) is 8.63. The lowest BCUT2D eigenvalue weighted by atomic mass is 10.1. The molecule has 0 radical (unpaired) electrons. The van der Waals surface area contributed by atoms with E-state index >= 15 is 0 Å². The van der Waals surface area contributed by atoms with Gasteiger partial charge >= 0.3 is 0 Å². The molecule has 3 nitrogen and oxygen atoms in total. The molecule has 1 aliphatic heterocycles. The van der Waals surface area contributed by atoms with Gasteiger partial charge in [0, 0.05) is 11.6 Å². The van der Waals surface area contributed by atoms with Crippen LogP contribution in [0.2, 0.25) is 0 Å². The molecule has 1 aliphatic rings. The molecule has 0 atom stereocenters. The average Bonchev–Trinajstić information content (AvgIpc) is 2.56. The van der Waals surface area contributed by atoms with E-state index in [1.165, 1.54) is 0 Å². The second-order valence-electron chi connectivity index (χ2n) is 3.59. The Bertz CT molecular complexity index is 261. The first kappa shape index (κ1) is 9.12. The van der Waals surface area contributed by atoms with Gasteiger partial charge in [-0.2, -0.15) is 0 Å². The van der Waals surface area contributed by atoms with Crippen molar-refractivity contribution in [3.8, 4) is 0 Å². The highest BCUT2D eigenvalue weighted by atomic mass is 32.1. The smallest absolute Gasteiger partial charge is 0.162 e. The summed E-state index contributed by atoms with van der Waals surface area (Å²) in [7, 11) is 0. The third-order valence-electron chi connectivity index (χ3n) is 2.06. The van der Waals surface area contributed by atoms with E-state index in [1.807, 2.05) is 25.4 Å². The van der Waals surface area contributed by atoms with Crippen LogP contribution >= 0.6 is 11.3 Å². The molecule has 2 rings (SSSR count). The minimum atomic E-state index is -0.423. The van der Waals surface area contributed by atoms with Crippen molar-refractivity contribution in [3.63, 3.8) is 0 Å². The molecule has 13 heavy (non-hydrogen) atoms. The van der Waals surface area contributed by atoms with Crippen LogP contribution in [0, 0.1) is 0 Å². The van der Waals surface area contributed by atoms with Gasteiger partial charge in [-0.3, -0.25) is 0 Å². The Morgan fingerprint density at radius 2 is 2.15 bits per heavy atom. The van der Waals surface area contributed by atoms with Crippen molar-refractivity contribution in [1.82, 2.24) is 4.98 Å². The maximum Gasteiger partial charge on any atom is 0.162 e. The normalized spacial score (nSPS) is 23.2. The van der Waals surface area contributed by atoms with E-state index in [0.717, 1.165) is 5.01 Å². The van der Waals surface area contributed by atoms with E-state index in [1.54, 1.807) is 11.3 Å². The van der Waals surface area contributed by atoms with Crippen LogP contribution in [0.1, 0.15) is 24.8 Å². The highest BCUT2D eigenvalue weighted by Gasteiger charge is 2.30. The van der Waals surface area contributed by atoms with Crippen LogP contribution in [0.3, 0.4) is 0 Å². The van der Waals surface area contributed by atoms with Gasteiger partial charge in [0.1, 0.15) is 5.01 Å². The van der Waals surface area contributed by atoms with Crippen LogP contribution in [0.25, 0.3) is 0 Å². The Morgan fingerprint density at radius 1 is 1.46 bits per heavy atom. The van der Waals surface area contributed by atoms with Crippen molar-refractivity contribution >= 4 is 11.3 Å². The molecule has 0 N–H and O–H groups in total. The molecule has 1 aromatic rings. The van der Waals surface area contributed by atoms with Gasteiger partial charge in [-0.05, 0) is 13.8 Å². The molecule has 0 saturated carbocycles. The van der Waals surface area contributed by atoms with E-state index in [-0.39, 0.29) is 0 Å². The fourth-order valence-corrected chi connectivity index (χ4v) is 1.98. The fourth-order valence-electron chi connectivity index (χ4n) is 1.27. The average molecular weight is 199 g/mol. The highest BCUT2D eigenvalue weighted by molar-refractivity contribution is 7.09. The molecule has 1 fully saturated rings. The lowest BCUT2D eigenvalue weighted by molar-refractivity contribution is -0.251. The third kappa shape index (κ3) is 2.07. The van der Waals surface area contributed by atoms with E-state index in [9.17, 15) is 0 Å². The molecule has 0 aromatic carbocycles. The van der Waals surface area contributed by atoms with Crippen molar-refractivity contribution in [2.75, 3.05) is 13.2 Å². The summed E-state index contributed by atoms with van der Waals surface area (Å²) in [5.41, 5.74) is 0.